The van der Waals surface area contributed by atoms with Gasteiger partial charge in [0.25, 0.3) is 0 Å². The van der Waals surface area contributed by atoms with Gasteiger partial charge in [-0.3, -0.25) is 28.8 Å². The number of aromatic nitrogens is 2. The van der Waals surface area contributed by atoms with Crippen molar-refractivity contribution < 1.29 is 48.9 Å². The normalized spacial score (nSPS) is 16.2. The number of H-pyrrole nitrogens is 1. The molecule has 5 amide bonds. The number of aromatic hydroxyl groups is 1. The number of amides is 5. The van der Waals surface area contributed by atoms with Crippen LogP contribution in [0.3, 0.4) is 0 Å². The largest absolute Gasteiger partial charge is 0.508 e. The van der Waals surface area contributed by atoms with Crippen LogP contribution in [0.2, 0.25) is 0 Å². The van der Waals surface area contributed by atoms with Gasteiger partial charge in [0.1, 0.15) is 29.9 Å². The number of hydrogen-bond donors (Lipinski definition) is 10. The molecule has 0 spiro atoms. The van der Waals surface area contributed by atoms with E-state index in [1.807, 2.05) is 0 Å². The maximum Gasteiger partial charge on any atom is 0.326 e. The summed E-state index contributed by atoms with van der Waals surface area (Å²) in [5.41, 5.74) is 12.4. The van der Waals surface area contributed by atoms with Crippen LogP contribution < -0.4 is 32.7 Å². The minimum Gasteiger partial charge on any atom is -0.508 e. The zero-order valence-electron chi connectivity index (χ0n) is 28.6. The molecule has 12 N–H and O–H groups in total. The molecule has 2 aromatic rings. The maximum absolute atomic E-state index is 13.4. The third-order valence-corrected chi connectivity index (χ3v) is 8.45. The summed E-state index contributed by atoms with van der Waals surface area (Å²) < 4.78 is 0. The Balaban J connectivity index is 1.69. The van der Waals surface area contributed by atoms with Gasteiger partial charge in [-0.1, -0.05) is 12.1 Å². The number of nitrogens with one attached hydrogen (secondary N) is 5. The van der Waals surface area contributed by atoms with Crippen LogP contribution in [-0.4, -0.2) is 122 Å². The van der Waals surface area contributed by atoms with Gasteiger partial charge in [-0.05, 0) is 62.8 Å². The van der Waals surface area contributed by atoms with E-state index >= 15 is 0 Å². The summed E-state index contributed by atoms with van der Waals surface area (Å²) in [4.78, 5) is 97.0. The van der Waals surface area contributed by atoms with E-state index in [9.17, 15) is 43.8 Å². The Morgan fingerprint density at radius 1 is 0.923 bits per heavy atom. The van der Waals surface area contributed by atoms with Crippen molar-refractivity contribution in [2.24, 2.45) is 11.5 Å². The summed E-state index contributed by atoms with van der Waals surface area (Å²) in [6.45, 7) is -0.0600. The van der Waals surface area contributed by atoms with E-state index in [2.05, 4.69) is 31.2 Å². The van der Waals surface area contributed by atoms with Crippen LogP contribution in [0.25, 0.3) is 0 Å². The highest BCUT2D eigenvalue weighted by atomic mass is 16.4. The molecule has 0 aliphatic carbocycles. The van der Waals surface area contributed by atoms with Gasteiger partial charge in [-0.2, -0.15) is 0 Å². The molecule has 284 valence electrons. The summed E-state index contributed by atoms with van der Waals surface area (Å²) in [5, 5.41) is 38.3. The number of benzene rings is 1. The first-order chi connectivity index (χ1) is 24.8. The maximum atomic E-state index is 13.4. The number of aliphatic carboxylic acids is 2. The minimum absolute atomic E-state index is 0.0225. The third-order valence-electron chi connectivity index (χ3n) is 8.45. The number of carboxylic acid groups (broad SMARTS) is 2. The quantitative estimate of drug-likeness (QED) is 0.0615. The number of phenolic OH excluding ortho intramolecular Hbond substituents is 1. The van der Waals surface area contributed by atoms with Crippen LogP contribution in [0.1, 0.15) is 56.2 Å². The molecule has 0 bridgehead atoms. The molecule has 1 aromatic carbocycles. The number of hydrogen-bond acceptors (Lipinski definition) is 11. The average molecular weight is 730 g/mol. The van der Waals surface area contributed by atoms with E-state index in [0.717, 1.165) is 0 Å². The van der Waals surface area contributed by atoms with E-state index < -0.39 is 78.2 Å². The molecule has 2 heterocycles. The number of imidazole rings is 1. The smallest absolute Gasteiger partial charge is 0.326 e. The zero-order valence-corrected chi connectivity index (χ0v) is 28.6. The Kier molecular flexibility index (Phi) is 16.0. The molecule has 1 aromatic heterocycles. The second-order valence-electron chi connectivity index (χ2n) is 12.5. The summed E-state index contributed by atoms with van der Waals surface area (Å²) in [5.74, 6) is -5.97. The van der Waals surface area contributed by atoms with Crippen molar-refractivity contribution in [3.63, 3.8) is 0 Å². The zero-order chi connectivity index (χ0) is 38.2. The van der Waals surface area contributed by atoms with Gasteiger partial charge in [0.2, 0.25) is 29.5 Å². The Morgan fingerprint density at radius 3 is 2.27 bits per heavy atom. The van der Waals surface area contributed by atoms with E-state index in [-0.39, 0.29) is 50.8 Å². The van der Waals surface area contributed by atoms with Gasteiger partial charge in [0, 0.05) is 37.7 Å². The molecule has 0 unspecified atom stereocenters. The predicted octanol–water partition coefficient (Wildman–Crippen LogP) is -2.13. The first-order valence-corrected chi connectivity index (χ1v) is 16.9. The lowest BCUT2D eigenvalue weighted by Gasteiger charge is -2.28. The fourth-order valence-electron chi connectivity index (χ4n) is 5.65. The van der Waals surface area contributed by atoms with Crippen molar-refractivity contribution in [1.82, 2.24) is 36.1 Å². The lowest BCUT2D eigenvalue weighted by Crippen LogP contribution is -2.57. The molecule has 5 atom stereocenters. The van der Waals surface area contributed by atoms with Crippen LogP contribution in [0.15, 0.2) is 36.8 Å². The molecule has 1 aliphatic rings. The number of likely N-dealkylation sites (tertiary alicyclic amines) is 1. The molecule has 0 radical (unpaired) electrons. The van der Waals surface area contributed by atoms with Crippen LogP contribution in [0.5, 0.6) is 5.75 Å². The van der Waals surface area contributed by atoms with E-state index in [1.54, 1.807) is 0 Å². The van der Waals surface area contributed by atoms with Crippen molar-refractivity contribution in [2.45, 2.75) is 88.0 Å². The second kappa shape index (κ2) is 20.3. The highest BCUT2D eigenvalue weighted by Crippen LogP contribution is 2.20. The number of rotatable bonds is 21. The van der Waals surface area contributed by atoms with Crippen molar-refractivity contribution in [1.29, 1.82) is 0 Å². The fourth-order valence-corrected chi connectivity index (χ4v) is 5.65. The Hall–Kier alpha value is -5.56. The second-order valence-corrected chi connectivity index (χ2v) is 12.5. The third kappa shape index (κ3) is 13.0. The van der Waals surface area contributed by atoms with Crippen molar-refractivity contribution >= 4 is 41.5 Å². The number of carbonyl (C=O) groups excluding carboxylic acids is 5. The van der Waals surface area contributed by atoms with Gasteiger partial charge in [-0.15, -0.1) is 0 Å². The van der Waals surface area contributed by atoms with Gasteiger partial charge in [0.05, 0.1) is 18.9 Å². The number of nitrogens with two attached hydrogens (primary N) is 2. The molecule has 1 saturated heterocycles. The van der Waals surface area contributed by atoms with E-state index in [1.165, 1.54) is 41.7 Å². The summed E-state index contributed by atoms with van der Waals surface area (Å²) in [6, 6.07) is 0.0145. The van der Waals surface area contributed by atoms with Crippen LogP contribution in [-0.2, 0) is 46.4 Å². The van der Waals surface area contributed by atoms with Gasteiger partial charge in [0.15, 0.2) is 0 Å². The standard InChI is InChI=1S/C33H47N9O10/c34-12-2-1-4-23(33(51)52)40-30(48)24(14-19-6-8-21(43)9-7-19)39-27(44)17-37-29(47)25(15-20-16-36-18-38-20)41-31(49)26-5-3-13-42(26)32(50)22(35)10-11-28(45)46/h6-9,16,18,22-26,43H,1-5,10-15,17,34-35H2,(H,36,38)(H,37,47)(H,39,44)(H,40,48)(H,41,49)(H,45,46)(H,51,52)/t22-,23-,24-,25-,26-/m0/s1. The molecule has 19 nitrogen and oxygen atoms in total. The molecule has 52 heavy (non-hydrogen) atoms. The topological polar surface area (TPSA) is 312 Å². The Morgan fingerprint density at radius 2 is 1.63 bits per heavy atom. The summed E-state index contributed by atoms with van der Waals surface area (Å²) in [6.07, 6.45) is 4.12. The number of nitrogens with zero attached hydrogens (tertiary/aromatic N) is 2. The molecule has 1 aliphatic heterocycles. The first kappa shape index (κ1) is 40.9. The Labute approximate surface area is 299 Å². The summed E-state index contributed by atoms with van der Waals surface area (Å²) in [7, 11) is 0. The molecule has 3 rings (SSSR count). The van der Waals surface area contributed by atoms with Gasteiger partial charge >= 0.3 is 11.9 Å². The first-order valence-electron chi connectivity index (χ1n) is 16.9. The van der Waals surface area contributed by atoms with Crippen molar-refractivity contribution in [3.8, 4) is 5.75 Å². The van der Waals surface area contributed by atoms with Crippen molar-refractivity contribution in [3.05, 3.63) is 48.0 Å². The number of carbonyl (C=O) groups is 7. The summed E-state index contributed by atoms with van der Waals surface area (Å²) >= 11 is 0. The minimum atomic E-state index is -1.27. The highest BCUT2D eigenvalue weighted by Gasteiger charge is 2.38. The molecule has 19 heteroatoms. The number of carboxylic acids is 2. The monoisotopic (exact) mass is 729 g/mol. The average Bonchev–Trinajstić information content (AvgIpc) is 3.82. The molecular formula is C33H47N9O10. The van der Waals surface area contributed by atoms with Crippen LogP contribution in [0.4, 0.5) is 0 Å². The number of aromatic amines is 1. The van der Waals surface area contributed by atoms with E-state index in [0.29, 0.717) is 37.1 Å². The molecule has 1 fully saturated rings. The SMILES string of the molecule is NCCCC[C@H](NC(=O)[C@H](Cc1ccc(O)cc1)NC(=O)CNC(=O)[C@H](Cc1cnc[nH]1)NC(=O)[C@@H]1CCCN1C(=O)[C@@H](N)CCC(=O)O)C(=O)O. The van der Waals surface area contributed by atoms with Gasteiger partial charge in [-0.25, -0.2) is 9.78 Å². The lowest BCUT2D eigenvalue weighted by molar-refractivity contribution is -0.142. The van der Waals surface area contributed by atoms with Crippen LogP contribution in [0, 0.1) is 0 Å². The van der Waals surface area contributed by atoms with E-state index in [4.69, 9.17) is 16.6 Å². The lowest BCUT2D eigenvalue weighted by atomic mass is 10.0. The number of phenols is 1. The van der Waals surface area contributed by atoms with Crippen molar-refractivity contribution in [2.75, 3.05) is 19.6 Å². The highest BCUT2D eigenvalue weighted by molar-refractivity contribution is 5.95. The fraction of sp³-hybridized carbons (Fsp3) is 0.515. The Bertz CT molecular complexity index is 1540. The molecular weight excluding hydrogens is 682 g/mol. The number of unbranched alkanes of at least 4 members (excludes halogenated alkanes) is 1. The molecule has 0 saturated carbocycles. The van der Waals surface area contributed by atoms with Crippen LogP contribution >= 0.6 is 0 Å². The predicted molar refractivity (Wildman–Crippen MR) is 183 cm³/mol. The van der Waals surface area contributed by atoms with Gasteiger partial charge < -0.3 is 57.9 Å².